The van der Waals surface area contributed by atoms with E-state index in [-0.39, 0.29) is 12.1 Å². The topological polar surface area (TPSA) is 68.2 Å². The van der Waals surface area contributed by atoms with Crippen molar-refractivity contribution in [3.8, 4) is 0 Å². The van der Waals surface area contributed by atoms with Gasteiger partial charge in [0, 0.05) is 31.5 Å². The molecule has 6 nitrogen and oxygen atoms in total. The second-order valence-electron chi connectivity index (χ2n) is 6.74. The summed E-state index contributed by atoms with van der Waals surface area (Å²) in [6.07, 6.45) is 3.40. The molecule has 1 rings (SSSR count). The molecule has 1 amide bonds. The summed E-state index contributed by atoms with van der Waals surface area (Å²) in [6.45, 7) is 14.0. The van der Waals surface area contributed by atoms with Crippen LogP contribution in [0.2, 0.25) is 0 Å². The van der Waals surface area contributed by atoms with E-state index in [0.717, 1.165) is 12.4 Å². The average molecular weight is 310 g/mol. The first-order valence-electron chi connectivity index (χ1n) is 7.93. The molecule has 0 saturated heterocycles. The molecule has 22 heavy (non-hydrogen) atoms. The second kappa shape index (κ2) is 8.17. The molecule has 0 bridgehead atoms. The third-order valence-corrected chi connectivity index (χ3v) is 3.33. The molecule has 1 heterocycles. The Balaban J connectivity index is 2.47. The Bertz CT molecular complexity index is 463. The fourth-order valence-corrected chi connectivity index (χ4v) is 2.07. The van der Waals surface area contributed by atoms with E-state index in [1.807, 2.05) is 33.2 Å². The van der Waals surface area contributed by atoms with Crippen LogP contribution in [-0.2, 0) is 17.8 Å². The lowest BCUT2D eigenvalue weighted by molar-refractivity contribution is 0.0519. The van der Waals surface area contributed by atoms with Gasteiger partial charge < -0.3 is 19.9 Å². The summed E-state index contributed by atoms with van der Waals surface area (Å²) in [6, 6.07) is 0.162. The molecule has 0 aliphatic carbocycles. The molecule has 1 unspecified atom stereocenters. The first-order valence-corrected chi connectivity index (χ1v) is 7.93. The van der Waals surface area contributed by atoms with Gasteiger partial charge in [-0.25, -0.2) is 9.78 Å². The van der Waals surface area contributed by atoms with Gasteiger partial charge in [0.1, 0.15) is 11.4 Å². The summed E-state index contributed by atoms with van der Waals surface area (Å²) in [4.78, 5) is 16.1. The number of aryl methyl sites for hydroxylation is 1. The highest BCUT2D eigenvalue weighted by molar-refractivity contribution is 5.67. The van der Waals surface area contributed by atoms with Gasteiger partial charge in [0.15, 0.2) is 0 Å². The van der Waals surface area contributed by atoms with Gasteiger partial charge in [0.25, 0.3) is 0 Å². The fraction of sp³-hybridized carbons (Fsp3) is 0.750. The molecule has 0 saturated carbocycles. The SMILES string of the molecule is CCn1ccnc1CNC(CNC(=O)OC(C)(C)C)C(C)C. The fourth-order valence-electron chi connectivity index (χ4n) is 2.07. The number of hydrogen-bond acceptors (Lipinski definition) is 4. The lowest BCUT2D eigenvalue weighted by atomic mass is 10.0. The Morgan fingerprint density at radius 2 is 2.09 bits per heavy atom. The minimum atomic E-state index is -0.475. The Kier molecular flexibility index (Phi) is 6.87. The molecule has 0 aromatic carbocycles. The molecule has 0 aliphatic rings. The zero-order valence-corrected chi connectivity index (χ0v) is 14.6. The molecule has 2 N–H and O–H groups in total. The van der Waals surface area contributed by atoms with E-state index in [2.05, 4.69) is 41.0 Å². The van der Waals surface area contributed by atoms with Crippen LogP contribution in [0.4, 0.5) is 4.79 Å². The van der Waals surface area contributed by atoms with Crippen molar-refractivity contribution in [1.82, 2.24) is 20.2 Å². The van der Waals surface area contributed by atoms with Crippen molar-refractivity contribution in [2.24, 2.45) is 5.92 Å². The predicted octanol–water partition coefficient (Wildman–Crippen LogP) is 2.54. The van der Waals surface area contributed by atoms with Crippen molar-refractivity contribution in [2.45, 2.75) is 66.3 Å². The van der Waals surface area contributed by atoms with E-state index >= 15 is 0 Å². The van der Waals surface area contributed by atoms with E-state index in [4.69, 9.17) is 4.74 Å². The third kappa shape index (κ3) is 6.47. The predicted molar refractivity (Wildman–Crippen MR) is 87.6 cm³/mol. The third-order valence-electron chi connectivity index (χ3n) is 3.33. The van der Waals surface area contributed by atoms with Gasteiger partial charge in [-0.05, 0) is 33.6 Å². The van der Waals surface area contributed by atoms with Crippen molar-refractivity contribution in [3.05, 3.63) is 18.2 Å². The standard InChI is InChI=1S/C16H30N4O2/c1-7-20-9-8-17-14(20)11-18-13(12(2)3)10-19-15(21)22-16(4,5)6/h8-9,12-13,18H,7,10-11H2,1-6H3,(H,19,21). The number of nitrogens with zero attached hydrogens (tertiary/aromatic N) is 2. The maximum absolute atomic E-state index is 11.7. The van der Waals surface area contributed by atoms with Crippen LogP contribution < -0.4 is 10.6 Å². The molecule has 0 radical (unpaired) electrons. The summed E-state index contributed by atoms with van der Waals surface area (Å²) < 4.78 is 7.36. The van der Waals surface area contributed by atoms with Crippen LogP contribution in [0.25, 0.3) is 0 Å². The van der Waals surface area contributed by atoms with Crippen LogP contribution in [0.3, 0.4) is 0 Å². The zero-order chi connectivity index (χ0) is 16.8. The Hall–Kier alpha value is -1.56. The number of imidazole rings is 1. The molecular weight excluding hydrogens is 280 g/mol. The van der Waals surface area contributed by atoms with Crippen LogP contribution in [0.15, 0.2) is 12.4 Å². The first kappa shape index (κ1) is 18.5. The Labute approximate surface area is 133 Å². The summed E-state index contributed by atoms with van der Waals surface area (Å²) in [7, 11) is 0. The van der Waals surface area contributed by atoms with Crippen LogP contribution in [-0.4, -0.2) is 33.8 Å². The van der Waals surface area contributed by atoms with Gasteiger partial charge in [-0.2, -0.15) is 0 Å². The molecule has 0 fully saturated rings. The molecule has 0 spiro atoms. The van der Waals surface area contributed by atoms with E-state index < -0.39 is 5.60 Å². The molecule has 126 valence electrons. The maximum Gasteiger partial charge on any atom is 0.407 e. The summed E-state index contributed by atoms with van der Waals surface area (Å²) in [5.41, 5.74) is -0.475. The number of hydrogen-bond donors (Lipinski definition) is 2. The van der Waals surface area contributed by atoms with Gasteiger partial charge in [0.2, 0.25) is 0 Å². The largest absolute Gasteiger partial charge is 0.444 e. The number of aromatic nitrogens is 2. The molecule has 1 aromatic rings. The second-order valence-corrected chi connectivity index (χ2v) is 6.74. The number of amides is 1. The molecular formula is C16H30N4O2. The normalized spacial score (nSPS) is 13.2. The average Bonchev–Trinajstić information content (AvgIpc) is 2.83. The van der Waals surface area contributed by atoms with Gasteiger partial charge in [-0.3, -0.25) is 0 Å². The number of ether oxygens (including phenoxy) is 1. The van der Waals surface area contributed by atoms with Crippen molar-refractivity contribution in [2.75, 3.05) is 6.54 Å². The van der Waals surface area contributed by atoms with Gasteiger partial charge in [-0.15, -0.1) is 0 Å². The molecule has 6 heteroatoms. The van der Waals surface area contributed by atoms with Crippen molar-refractivity contribution in [3.63, 3.8) is 0 Å². The monoisotopic (exact) mass is 310 g/mol. The van der Waals surface area contributed by atoms with Gasteiger partial charge >= 0.3 is 6.09 Å². The van der Waals surface area contributed by atoms with Gasteiger partial charge in [-0.1, -0.05) is 13.8 Å². The van der Waals surface area contributed by atoms with Crippen molar-refractivity contribution >= 4 is 6.09 Å². The molecule has 1 atom stereocenters. The van der Waals surface area contributed by atoms with Crippen molar-refractivity contribution in [1.29, 1.82) is 0 Å². The minimum Gasteiger partial charge on any atom is -0.444 e. The number of alkyl carbamates (subject to hydrolysis) is 1. The summed E-state index contributed by atoms with van der Waals surface area (Å²) in [5.74, 6) is 1.39. The lowest BCUT2D eigenvalue weighted by Gasteiger charge is -2.25. The summed E-state index contributed by atoms with van der Waals surface area (Å²) in [5, 5.41) is 6.29. The van der Waals surface area contributed by atoms with E-state index in [0.29, 0.717) is 19.0 Å². The molecule has 0 aliphatic heterocycles. The van der Waals surface area contributed by atoms with E-state index in [9.17, 15) is 4.79 Å². The van der Waals surface area contributed by atoms with Crippen LogP contribution in [0.5, 0.6) is 0 Å². The molecule has 1 aromatic heterocycles. The zero-order valence-electron chi connectivity index (χ0n) is 14.6. The van der Waals surface area contributed by atoms with Crippen molar-refractivity contribution < 1.29 is 9.53 Å². The number of carbonyl (C=O) groups excluding carboxylic acids is 1. The van der Waals surface area contributed by atoms with Crippen LogP contribution in [0, 0.1) is 5.92 Å². The number of nitrogens with one attached hydrogen (secondary N) is 2. The Morgan fingerprint density at radius 3 is 2.64 bits per heavy atom. The summed E-state index contributed by atoms with van der Waals surface area (Å²) >= 11 is 0. The number of rotatable bonds is 7. The smallest absolute Gasteiger partial charge is 0.407 e. The lowest BCUT2D eigenvalue weighted by Crippen LogP contribution is -2.45. The van der Waals surface area contributed by atoms with E-state index in [1.165, 1.54) is 0 Å². The van der Waals surface area contributed by atoms with Gasteiger partial charge in [0.05, 0.1) is 6.54 Å². The highest BCUT2D eigenvalue weighted by Gasteiger charge is 2.19. The quantitative estimate of drug-likeness (QED) is 0.812. The first-order chi connectivity index (χ1) is 10.2. The van der Waals surface area contributed by atoms with Crippen LogP contribution >= 0.6 is 0 Å². The van der Waals surface area contributed by atoms with Crippen LogP contribution in [0.1, 0.15) is 47.4 Å². The number of carbonyl (C=O) groups is 1. The highest BCUT2D eigenvalue weighted by atomic mass is 16.6. The minimum absolute atomic E-state index is 0.162. The highest BCUT2D eigenvalue weighted by Crippen LogP contribution is 2.07. The maximum atomic E-state index is 11.7. The Morgan fingerprint density at radius 1 is 1.41 bits per heavy atom. The van der Waals surface area contributed by atoms with E-state index in [1.54, 1.807) is 0 Å².